The summed E-state index contributed by atoms with van der Waals surface area (Å²) in [5, 5.41) is 5.53. The first kappa shape index (κ1) is 18.3. The van der Waals surface area contributed by atoms with Crippen molar-refractivity contribution in [2.45, 2.75) is 13.5 Å². The number of aryl methyl sites for hydroxylation is 1. The monoisotopic (exact) mass is 399 g/mol. The van der Waals surface area contributed by atoms with Crippen molar-refractivity contribution in [2.24, 2.45) is 0 Å². The second kappa shape index (κ2) is 8.31. The highest BCUT2D eigenvalue weighted by molar-refractivity contribution is 7.17. The number of hydrogen-bond donors (Lipinski definition) is 1. The molecular weight excluding hydrogens is 378 g/mol. The van der Waals surface area contributed by atoms with E-state index in [1.807, 2.05) is 23.6 Å². The Balaban J connectivity index is 1.42. The summed E-state index contributed by atoms with van der Waals surface area (Å²) in [6.45, 7) is 6.32. The van der Waals surface area contributed by atoms with Crippen LogP contribution in [0.3, 0.4) is 0 Å². The van der Waals surface area contributed by atoms with Gasteiger partial charge in [-0.15, -0.1) is 22.7 Å². The van der Waals surface area contributed by atoms with Gasteiger partial charge in [-0.3, -0.25) is 15.0 Å². The zero-order valence-electron chi connectivity index (χ0n) is 15.1. The fraction of sp³-hybridized carbons (Fsp3) is 0.300. The fourth-order valence-electron chi connectivity index (χ4n) is 3.01. The molecule has 5 nitrogen and oxygen atoms in total. The van der Waals surface area contributed by atoms with Crippen molar-refractivity contribution < 1.29 is 9.53 Å². The van der Waals surface area contributed by atoms with Crippen LogP contribution in [-0.2, 0) is 11.3 Å². The van der Waals surface area contributed by atoms with E-state index < -0.39 is 0 Å². The molecule has 0 aliphatic carbocycles. The maximum atomic E-state index is 12.6. The van der Waals surface area contributed by atoms with Gasteiger partial charge in [0.15, 0.2) is 5.13 Å². The molecule has 1 fully saturated rings. The number of hydrogen-bond acceptors (Lipinski definition) is 6. The summed E-state index contributed by atoms with van der Waals surface area (Å²) in [5.74, 6) is -0.123. The Bertz CT molecular complexity index is 929. The second-order valence-corrected chi connectivity index (χ2v) is 8.64. The van der Waals surface area contributed by atoms with Crippen LogP contribution in [0.5, 0.6) is 0 Å². The lowest BCUT2D eigenvalue weighted by Gasteiger charge is -2.26. The van der Waals surface area contributed by atoms with E-state index in [0.717, 1.165) is 49.0 Å². The van der Waals surface area contributed by atoms with Gasteiger partial charge >= 0.3 is 0 Å². The summed E-state index contributed by atoms with van der Waals surface area (Å²) >= 11 is 3.16. The van der Waals surface area contributed by atoms with Crippen LogP contribution in [0.15, 0.2) is 41.8 Å². The summed E-state index contributed by atoms with van der Waals surface area (Å²) in [7, 11) is 0. The number of carbonyl (C=O) groups is 1. The SMILES string of the molecule is Cc1ccc(-c2csc(NC(=O)c3cccc(CN4CCOCC4)c3)n2)s1. The number of rotatable bonds is 5. The highest BCUT2D eigenvalue weighted by atomic mass is 32.1. The molecule has 1 N–H and O–H groups in total. The van der Waals surface area contributed by atoms with Gasteiger partial charge in [0.05, 0.1) is 23.8 Å². The van der Waals surface area contributed by atoms with Gasteiger partial charge in [0.1, 0.15) is 0 Å². The first-order chi connectivity index (χ1) is 13.2. The Labute approximate surface area is 166 Å². The van der Waals surface area contributed by atoms with E-state index >= 15 is 0 Å². The number of thiazole rings is 1. The van der Waals surface area contributed by atoms with Gasteiger partial charge in [-0.25, -0.2) is 4.98 Å². The summed E-state index contributed by atoms with van der Waals surface area (Å²) in [4.78, 5) is 21.9. The maximum Gasteiger partial charge on any atom is 0.257 e. The van der Waals surface area contributed by atoms with Crippen molar-refractivity contribution in [3.63, 3.8) is 0 Å². The van der Waals surface area contributed by atoms with E-state index in [-0.39, 0.29) is 5.91 Å². The molecule has 0 saturated carbocycles. The smallest absolute Gasteiger partial charge is 0.257 e. The van der Waals surface area contributed by atoms with Crippen molar-refractivity contribution in [2.75, 3.05) is 31.6 Å². The normalized spacial score (nSPS) is 15.0. The van der Waals surface area contributed by atoms with E-state index in [9.17, 15) is 4.79 Å². The molecule has 1 aliphatic heterocycles. The standard InChI is InChI=1S/C20H21N3O2S2/c1-14-5-6-18(27-14)17-13-26-20(21-17)22-19(24)16-4-2-3-15(11-16)12-23-7-9-25-10-8-23/h2-6,11,13H,7-10,12H2,1H3,(H,21,22,24). The molecule has 7 heteroatoms. The quantitative estimate of drug-likeness (QED) is 0.696. The van der Waals surface area contributed by atoms with Crippen molar-refractivity contribution in [3.8, 4) is 10.6 Å². The predicted octanol–water partition coefficient (Wildman–Crippen LogP) is 4.26. The van der Waals surface area contributed by atoms with Gasteiger partial charge in [-0.1, -0.05) is 12.1 Å². The number of anilines is 1. The van der Waals surface area contributed by atoms with Crippen LogP contribution < -0.4 is 5.32 Å². The molecule has 2 aromatic heterocycles. The number of amides is 1. The molecule has 140 valence electrons. The molecule has 0 bridgehead atoms. The van der Waals surface area contributed by atoms with E-state index in [1.54, 1.807) is 11.3 Å². The molecule has 27 heavy (non-hydrogen) atoms. The van der Waals surface area contributed by atoms with E-state index in [4.69, 9.17) is 4.74 Å². The van der Waals surface area contributed by atoms with Crippen LogP contribution in [0.4, 0.5) is 5.13 Å². The van der Waals surface area contributed by atoms with Gasteiger partial charge in [0, 0.05) is 35.5 Å². The van der Waals surface area contributed by atoms with Gasteiger partial charge in [-0.2, -0.15) is 0 Å². The van der Waals surface area contributed by atoms with Gasteiger partial charge in [0.2, 0.25) is 0 Å². The highest BCUT2D eigenvalue weighted by Gasteiger charge is 2.14. The molecule has 1 amide bonds. The maximum absolute atomic E-state index is 12.6. The van der Waals surface area contributed by atoms with E-state index in [0.29, 0.717) is 10.7 Å². The minimum absolute atomic E-state index is 0.123. The Hall–Kier alpha value is -2.06. The molecule has 3 aromatic rings. The molecule has 0 radical (unpaired) electrons. The lowest BCUT2D eigenvalue weighted by atomic mass is 10.1. The summed E-state index contributed by atoms with van der Waals surface area (Å²) in [5.41, 5.74) is 2.71. The average molecular weight is 400 g/mol. The number of morpholine rings is 1. The number of carbonyl (C=O) groups excluding carboxylic acids is 1. The van der Waals surface area contributed by atoms with Crippen LogP contribution >= 0.6 is 22.7 Å². The van der Waals surface area contributed by atoms with Crippen LogP contribution in [0.25, 0.3) is 10.6 Å². The van der Waals surface area contributed by atoms with E-state index in [2.05, 4.69) is 40.3 Å². The summed E-state index contributed by atoms with van der Waals surface area (Å²) in [6.07, 6.45) is 0. The first-order valence-corrected chi connectivity index (χ1v) is 10.6. The van der Waals surface area contributed by atoms with Crippen LogP contribution in [0.2, 0.25) is 0 Å². The molecule has 1 aliphatic rings. The average Bonchev–Trinajstić information content (AvgIpc) is 3.32. The van der Waals surface area contributed by atoms with Crippen molar-refractivity contribution >= 4 is 33.7 Å². The van der Waals surface area contributed by atoms with Crippen LogP contribution in [-0.4, -0.2) is 42.1 Å². The first-order valence-electron chi connectivity index (χ1n) is 8.90. The summed E-state index contributed by atoms with van der Waals surface area (Å²) < 4.78 is 5.39. The van der Waals surface area contributed by atoms with Crippen molar-refractivity contribution in [3.05, 3.63) is 57.8 Å². The highest BCUT2D eigenvalue weighted by Crippen LogP contribution is 2.30. The van der Waals surface area contributed by atoms with Crippen LogP contribution in [0, 0.1) is 6.92 Å². The molecule has 0 atom stereocenters. The number of aromatic nitrogens is 1. The largest absolute Gasteiger partial charge is 0.379 e. The van der Waals surface area contributed by atoms with Crippen molar-refractivity contribution in [1.29, 1.82) is 0 Å². The lowest BCUT2D eigenvalue weighted by molar-refractivity contribution is 0.0342. The molecule has 0 unspecified atom stereocenters. The van der Waals surface area contributed by atoms with Gasteiger partial charge < -0.3 is 4.74 Å². The number of thiophene rings is 1. The van der Waals surface area contributed by atoms with Gasteiger partial charge in [0.25, 0.3) is 5.91 Å². The van der Waals surface area contributed by atoms with Gasteiger partial charge in [-0.05, 0) is 36.8 Å². The Kier molecular flexibility index (Phi) is 5.63. The van der Waals surface area contributed by atoms with E-state index in [1.165, 1.54) is 16.2 Å². The molecule has 3 heterocycles. The number of nitrogens with one attached hydrogen (secondary N) is 1. The third-order valence-electron chi connectivity index (χ3n) is 4.42. The minimum atomic E-state index is -0.123. The topological polar surface area (TPSA) is 54.5 Å². The minimum Gasteiger partial charge on any atom is -0.379 e. The zero-order valence-corrected chi connectivity index (χ0v) is 16.7. The molecule has 0 spiro atoms. The number of nitrogens with zero attached hydrogens (tertiary/aromatic N) is 2. The number of benzene rings is 1. The number of ether oxygens (including phenoxy) is 1. The Morgan fingerprint density at radius 1 is 1.26 bits per heavy atom. The molecule has 4 rings (SSSR count). The Morgan fingerprint density at radius 3 is 2.89 bits per heavy atom. The van der Waals surface area contributed by atoms with Crippen molar-refractivity contribution in [1.82, 2.24) is 9.88 Å². The molecule has 1 aromatic carbocycles. The molecular formula is C20H21N3O2S2. The lowest BCUT2D eigenvalue weighted by Crippen LogP contribution is -2.35. The summed E-state index contributed by atoms with van der Waals surface area (Å²) in [6, 6.07) is 11.9. The third kappa shape index (κ3) is 4.62. The third-order valence-corrected chi connectivity index (χ3v) is 6.20. The van der Waals surface area contributed by atoms with Crippen LogP contribution in [0.1, 0.15) is 20.8 Å². The fourth-order valence-corrected chi connectivity index (χ4v) is 4.62. The predicted molar refractivity (Wildman–Crippen MR) is 111 cm³/mol. The second-order valence-electron chi connectivity index (χ2n) is 6.49. The molecule has 1 saturated heterocycles. The zero-order chi connectivity index (χ0) is 18.6. The Morgan fingerprint density at radius 2 is 2.11 bits per heavy atom.